The molecule has 2 aromatic carbocycles. The first kappa shape index (κ1) is 20.3. The maximum absolute atomic E-state index is 11.2. The highest BCUT2D eigenvalue weighted by Crippen LogP contribution is 2.28. The summed E-state index contributed by atoms with van der Waals surface area (Å²) in [7, 11) is 0. The lowest BCUT2D eigenvalue weighted by molar-refractivity contribution is -0.114. The summed E-state index contributed by atoms with van der Waals surface area (Å²) in [6.07, 6.45) is 3.18. The molecule has 1 aliphatic rings. The van der Waals surface area contributed by atoms with E-state index < -0.39 is 0 Å². The SMILES string of the molecule is CC(=O)Nc1ccc(CN2CCC(c3cccc(Cc4ccccc4)n3)CC2)cc1. The van der Waals surface area contributed by atoms with E-state index in [0.717, 1.165) is 50.3 Å². The molecule has 0 unspecified atom stereocenters. The van der Waals surface area contributed by atoms with Gasteiger partial charge in [-0.15, -0.1) is 0 Å². The van der Waals surface area contributed by atoms with Crippen LogP contribution in [0, 0.1) is 0 Å². The van der Waals surface area contributed by atoms with Crippen LogP contribution in [-0.2, 0) is 17.8 Å². The van der Waals surface area contributed by atoms with Crippen molar-refractivity contribution in [1.29, 1.82) is 0 Å². The molecule has 1 saturated heterocycles. The summed E-state index contributed by atoms with van der Waals surface area (Å²) < 4.78 is 0. The molecule has 1 aliphatic heterocycles. The second kappa shape index (κ2) is 9.68. The third kappa shape index (κ3) is 5.55. The lowest BCUT2D eigenvalue weighted by atomic mass is 9.92. The summed E-state index contributed by atoms with van der Waals surface area (Å²) in [5, 5.41) is 2.82. The Morgan fingerprint density at radius 1 is 0.933 bits per heavy atom. The van der Waals surface area contributed by atoms with E-state index in [1.165, 1.54) is 23.7 Å². The van der Waals surface area contributed by atoms with Gasteiger partial charge >= 0.3 is 0 Å². The maximum atomic E-state index is 11.2. The minimum atomic E-state index is -0.0359. The predicted octanol–water partition coefficient (Wildman–Crippen LogP) is 5.01. The van der Waals surface area contributed by atoms with Gasteiger partial charge in [-0.1, -0.05) is 48.5 Å². The van der Waals surface area contributed by atoms with Gasteiger partial charge in [0.25, 0.3) is 0 Å². The summed E-state index contributed by atoms with van der Waals surface area (Å²) in [4.78, 5) is 18.6. The van der Waals surface area contributed by atoms with Crippen LogP contribution in [0.4, 0.5) is 5.69 Å². The number of likely N-dealkylation sites (tertiary alicyclic amines) is 1. The van der Waals surface area contributed by atoms with Crippen molar-refractivity contribution in [1.82, 2.24) is 9.88 Å². The van der Waals surface area contributed by atoms with Gasteiger partial charge in [-0.05, 0) is 61.3 Å². The molecule has 30 heavy (non-hydrogen) atoms. The highest BCUT2D eigenvalue weighted by atomic mass is 16.1. The molecule has 1 N–H and O–H groups in total. The lowest BCUT2D eigenvalue weighted by Crippen LogP contribution is -2.32. The average molecular weight is 400 g/mol. The first-order valence-corrected chi connectivity index (χ1v) is 10.7. The van der Waals surface area contributed by atoms with Gasteiger partial charge in [0.05, 0.1) is 0 Å². The van der Waals surface area contributed by atoms with Gasteiger partial charge < -0.3 is 5.32 Å². The second-order valence-corrected chi connectivity index (χ2v) is 8.14. The maximum Gasteiger partial charge on any atom is 0.221 e. The number of anilines is 1. The number of nitrogens with one attached hydrogen (secondary N) is 1. The number of hydrogen-bond acceptors (Lipinski definition) is 3. The van der Waals surface area contributed by atoms with E-state index in [2.05, 4.69) is 70.9 Å². The van der Waals surface area contributed by atoms with Crippen molar-refractivity contribution >= 4 is 11.6 Å². The molecule has 4 nitrogen and oxygen atoms in total. The quantitative estimate of drug-likeness (QED) is 0.634. The molecule has 1 fully saturated rings. The Hall–Kier alpha value is -2.98. The molecule has 3 aromatic rings. The van der Waals surface area contributed by atoms with E-state index in [1.54, 1.807) is 0 Å². The Kier molecular flexibility index (Phi) is 6.55. The topological polar surface area (TPSA) is 45.2 Å². The zero-order valence-electron chi connectivity index (χ0n) is 17.6. The first-order chi connectivity index (χ1) is 14.7. The molecular weight excluding hydrogens is 370 g/mol. The molecule has 2 heterocycles. The number of hydrogen-bond donors (Lipinski definition) is 1. The molecule has 1 amide bonds. The van der Waals surface area contributed by atoms with E-state index in [4.69, 9.17) is 4.98 Å². The molecule has 0 spiro atoms. The zero-order valence-corrected chi connectivity index (χ0v) is 17.6. The summed E-state index contributed by atoms with van der Waals surface area (Å²) in [6, 6.07) is 25.2. The Labute approximate surface area is 179 Å². The average Bonchev–Trinajstić information content (AvgIpc) is 2.76. The third-order valence-electron chi connectivity index (χ3n) is 5.74. The van der Waals surface area contributed by atoms with Crippen LogP contribution in [0.2, 0.25) is 0 Å². The van der Waals surface area contributed by atoms with Gasteiger partial charge in [0, 0.05) is 42.9 Å². The number of pyridine rings is 1. The molecule has 4 heteroatoms. The van der Waals surface area contributed by atoms with Crippen LogP contribution < -0.4 is 5.32 Å². The smallest absolute Gasteiger partial charge is 0.221 e. The predicted molar refractivity (Wildman–Crippen MR) is 121 cm³/mol. The monoisotopic (exact) mass is 399 g/mol. The number of rotatable bonds is 6. The van der Waals surface area contributed by atoms with Gasteiger partial charge in [-0.25, -0.2) is 0 Å². The van der Waals surface area contributed by atoms with Crippen molar-refractivity contribution in [3.63, 3.8) is 0 Å². The largest absolute Gasteiger partial charge is 0.326 e. The Morgan fingerprint density at radius 3 is 2.37 bits per heavy atom. The van der Waals surface area contributed by atoms with Gasteiger partial charge in [-0.2, -0.15) is 0 Å². The summed E-state index contributed by atoms with van der Waals surface area (Å²) >= 11 is 0. The van der Waals surface area contributed by atoms with Crippen molar-refractivity contribution in [2.75, 3.05) is 18.4 Å². The van der Waals surface area contributed by atoms with Crippen molar-refractivity contribution in [2.45, 2.75) is 38.6 Å². The first-order valence-electron chi connectivity index (χ1n) is 10.7. The van der Waals surface area contributed by atoms with Crippen molar-refractivity contribution in [2.24, 2.45) is 0 Å². The van der Waals surface area contributed by atoms with Crippen molar-refractivity contribution in [3.8, 4) is 0 Å². The Bertz CT molecular complexity index is 961. The number of nitrogens with zero attached hydrogens (tertiary/aromatic N) is 2. The highest BCUT2D eigenvalue weighted by molar-refractivity contribution is 5.88. The number of carbonyl (C=O) groups excluding carboxylic acids is 1. The van der Waals surface area contributed by atoms with Gasteiger partial charge in [0.1, 0.15) is 0 Å². The van der Waals surface area contributed by atoms with E-state index >= 15 is 0 Å². The minimum Gasteiger partial charge on any atom is -0.326 e. The van der Waals surface area contributed by atoms with Crippen LogP contribution in [-0.4, -0.2) is 28.9 Å². The molecule has 154 valence electrons. The van der Waals surface area contributed by atoms with Crippen LogP contribution in [0.15, 0.2) is 72.8 Å². The van der Waals surface area contributed by atoms with Crippen LogP contribution in [0.5, 0.6) is 0 Å². The van der Waals surface area contributed by atoms with E-state index in [0.29, 0.717) is 5.92 Å². The normalized spacial score (nSPS) is 15.1. The zero-order chi connectivity index (χ0) is 20.8. The number of aromatic nitrogens is 1. The standard InChI is InChI=1S/C26H29N3O/c1-20(30)27-24-12-10-22(11-13-24)19-29-16-14-23(15-17-29)26-9-5-8-25(28-26)18-21-6-3-2-4-7-21/h2-13,23H,14-19H2,1H3,(H,27,30). The molecule has 1 aromatic heterocycles. The Morgan fingerprint density at radius 2 is 1.67 bits per heavy atom. The summed E-state index contributed by atoms with van der Waals surface area (Å²) in [5.41, 5.74) is 5.83. The van der Waals surface area contributed by atoms with E-state index in [-0.39, 0.29) is 5.91 Å². The highest BCUT2D eigenvalue weighted by Gasteiger charge is 2.21. The molecule has 0 atom stereocenters. The van der Waals surface area contributed by atoms with Gasteiger partial charge in [0.2, 0.25) is 5.91 Å². The van der Waals surface area contributed by atoms with Crippen molar-refractivity contribution in [3.05, 3.63) is 95.3 Å². The molecule has 4 rings (SSSR count). The molecule has 0 aliphatic carbocycles. The summed E-state index contributed by atoms with van der Waals surface area (Å²) in [6.45, 7) is 4.66. The van der Waals surface area contributed by atoms with E-state index in [1.807, 2.05) is 12.1 Å². The molecule has 0 saturated carbocycles. The fourth-order valence-electron chi connectivity index (χ4n) is 4.17. The van der Waals surface area contributed by atoms with Crippen LogP contribution in [0.1, 0.15) is 48.2 Å². The molecule has 0 bridgehead atoms. The van der Waals surface area contributed by atoms with Crippen LogP contribution in [0.25, 0.3) is 0 Å². The third-order valence-corrected chi connectivity index (χ3v) is 5.74. The number of piperidine rings is 1. The van der Waals surface area contributed by atoms with Crippen LogP contribution >= 0.6 is 0 Å². The second-order valence-electron chi connectivity index (χ2n) is 8.14. The summed E-state index contributed by atoms with van der Waals surface area (Å²) in [5.74, 6) is 0.505. The lowest BCUT2D eigenvalue weighted by Gasteiger charge is -2.32. The Balaban J connectivity index is 1.31. The fourth-order valence-corrected chi connectivity index (χ4v) is 4.17. The van der Waals surface area contributed by atoms with Crippen molar-refractivity contribution < 1.29 is 4.79 Å². The van der Waals surface area contributed by atoms with E-state index in [9.17, 15) is 4.79 Å². The molecule has 0 radical (unpaired) electrons. The molecular formula is C26H29N3O. The van der Waals surface area contributed by atoms with Gasteiger partial charge in [-0.3, -0.25) is 14.7 Å². The fraction of sp³-hybridized carbons (Fsp3) is 0.308. The number of carbonyl (C=O) groups is 1. The van der Waals surface area contributed by atoms with Crippen LogP contribution in [0.3, 0.4) is 0 Å². The van der Waals surface area contributed by atoms with Gasteiger partial charge in [0.15, 0.2) is 0 Å². The number of amides is 1. The minimum absolute atomic E-state index is 0.0359. The number of benzene rings is 2.